The third-order valence-electron chi connectivity index (χ3n) is 6.17. The van der Waals surface area contributed by atoms with Gasteiger partial charge in [-0.05, 0) is 94.4 Å². The molecule has 0 saturated carbocycles. The maximum absolute atomic E-state index is 2.69. The van der Waals surface area contributed by atoms with E-state index >= 15 is 0 Å². The third kappa shape index (κ3) is 8.41. The van der Waals surface area contributed by atoms with Crippen molar-refractivity contribution in [3.8, 4) is 0 Å². The topological polar surface area (TPSA) is 9.72 Å². The molecule has 152 valence electrons. The summed E-state index contributed by atoms with van der Waals surface area (Å²) < 4.78 is 0. The summed E-state index contributed by atoms with van der Waals surface area (Å²) >= 11 is 0. The average Bonchev–Trinajstić information content (AvgIpc) is 2.49. The van der Waals surface area contributed by atoms with Crippen molar-refractivity contribution in [2.24, 2.45) is 0 Å². The van der Waals surface area contributed by atoms with Crippen LogP contribution in [0.2, 0.25) is 0 Å². The predicted molar refractivity (Wildman–Crippen MR) is 115 cm³/mol. The lowest BCUT2D eigenvalue weighted by Crippen LogP contribution is -2.51. The second-order valence-electron chi connectivity index (χ2n) is 9.88. The Morgan fingerprint density at radius 2 is 1.00 bits per heavy atom. The smallest absolute Gasteiger partial charge is 0.0165 e. The van der Waals surface area contributed by atoms with Crippen LogP contribution in [0.15, 0.2) is 0 Å². The molecule has 3 heteroatoms. The second kappa shape index (κ2) is 10.3. The van der Waals surface area contributed by atoms with Crippen LogP contribution in [0, 0.1) is 0 Å². The zero-order valence-corrected chi connectivity index (χ0v) is 19.5. The fourth-order valence-corrected chi connectivity index (χ4v) is 3.55. The molecule has 0 aromatic heterocycles. The molecule has 0 radical (unpaired) electrons. The van der Waals surface area contributed by atoms with Gasteiger partial charge in [-0.25, -0.2) is 0 Å². The largest absolute Gasteiger partial charge is 0.301 e. The van der Waals surface area contributed by atoms with E-state index in [-0.39, 0.29) is 16.6 Å². The van der Waals surface area contributed by atoms with Gasteiger partial charge in [-0.2, -0.15) is 0 Å². The Balaban J connectivity index is 4.79. The minimum atomic E-state index is 0.242. The van der Waals surface area contributed by atoms with Crippen molar-refractivity contribution in [2.75, 3.05) is 39.8 Å². The van der Waals surface area contributed by atoms with Crippen molar-refractivity contribution in [1.82, 2.24) is 14.7 Å². The summed E-state index contributed by atoms with van der Waals surface area (Å²) in [6, 6.07) is 0. The molecular formula is C22H49N3. The van der Waals surface area contributed by atoms with Crippen molar-refractivity contribution in [2.45, 2.75) is 105 Å². The summed E-state index contributed by atoms with van der Waals surface area (Å²) in [4.78, 5) is 7.80. The molecule has 0 aromatic carbocycles. The first-order valence-corrected chi connectivity index (χ1v) is 10.5. The van der Waals surface area contributed by atoms with Gasteiger partial charge in [0.25, 0.3) is 0 Å². The van der Waals surface area contributed by atoms with E-state index < -0.39 is 0 Å². The fraction of sp³-hybridized carbons (Fsp3) is 1.00. The van der Waals surface area contributed by atoms with Crippen molar-refractivity contribution in [3.63, 3.8) is 0 Å². The maximum Gasteiger partial charge on any atom is 0.0165 e. The van der Waals surface area contributed by atoms with Gasteiger partial charge in [-0.3, -0.25) is 9.80 Å². The van der Waals surface area contributed by atoms with Crippen LogP contribution in [0.4, 0.5) is 0 Å². The molecular weight excluding hydrogens is 306 g/mol. The molecule has 0 saturated heterocycles. The van der Waals surface area contributed by atoms with Gasteiger partial charge in [0, 0.05) is 29.7 Å². The van der Waals surface area contributed by atoms with Crippen LogP contribution in [0.3, 0.4) is 0 Å². The van der Waals surface area contributed by atoms with Crippen LogP contribution in [-0.2, 0) is 0 Å². The average molecular weight is 356 g/mol. The Morgan fingerprint density at radius 3 is 1.36 bits per heavy atom. The predicted octanol–water partition coefficient (Wildman–Crippen LogP) is 5.11. The minimum Gasteiger partial charge on any atom is -0.301 e. The molecule has 0 N–H and O–H groups in total. The molecule has 3 nitrogen and oxygen atoms in total. The monoisotopic (exact) mass is 355 g/mol. The van der Waals surface area contributed by atoms with Gasteiger partial charge < -0.3 is 4.90 Å². The molecule has 0 heterocycles. The quantitative estimate of drug-likeness (QED) is 0.482. The molecule has 25 heavy (non-hydrogen) atoms. The summed E-state index contributed by atoms with van der Waals surface area (Å²) in [7, 11) is 2.25. The summed E-state index contributed by atoms with van der Waals surface area (Å²) in [6.07, 6.45) is 3.67. The lowest BCUT2D eigenvalue weighted by molar-refractivity contribution is 0.0563. The van der Waals surface area contributed by atoms with Gasteiger partial charge in [-0.1, -0.05) is 20.8 Å². The van der Waals surface area contributed by atoms with E-state index in [2.05, 4.69) is 91.0 Å². The van der Waals surface area contributed by atoms with Crippen LogP contribution < -0.4 is 0 Å². The number of hydrogen-bond acceptors (Lipinski definition) is 3. The van der Waals surface area contributed by atoms with E-state index in [1.54, 1.807) is 0 Å². The standard InChI is InChI=1S/C22H49N3/c1-12-17-24(13-2)22(9,10)16-19-25(14-3)21(7,8)15-18-23(11)20(4,5)6/h12-19H2,1-11H3. The first-order chi connectivity index (χ1) is 11.3. The number of hydrogen-bond donors (Lipinski definition) is 0. The summed E-state index contributed by atoms with van der Waals surface area (Å²) in [5.74, 6) is 0. The molecule has 0 amide bonds. The van der Waals surface area contributed by atoms with Crippen molar-refractivity contribution in [3.05, 3.63) is 0 Å². The second-order valence-corrected chi connectivity index (χ2v) is 9.88. The van der Waals surface area contributed by atoms with Gasteiger partial charge in [0.1, 0.15) is 0 Å². The van der Waals surface area contributed by atoms with E-state index in [1.165, 1.54) is 32.4 Å². The van der Waals surface area contributed by atoms with Crippen molar-refractivity contribution < 1.29 is 0 Å². The Kier molecular flexibility index (Phi) is 10.2. The van der Waals surface area contributed by atoms with Gasteiger partial charge >= 0.3 is 0 Å². The van der Waals surface area contributed by atoms with E-state index in [1.807, 2.05) is 0 Å². The van der Waals surface area contributed by atoms with Crippen LogP contribution in [0.5, 0.6) is 0 Å². The minimum absolute atomic E-state index is 0.242. The highest BCUT2D eigenvalue weighted by molar-refractivity contribution is 4.87. The lowest BCUT2D eigenvalue weighted by Gasteiger charge is -2.44. The van der Waals surface area contributed by atoms with Crippen LogP contribution >= 0.6 is 0 Å². The van der Waals surface area contributed by atoms with Crippen LogP contribution in [0.1, 0.15) is 88.5 Å². The van der Waals surface area contributed by atoms with Gasteiger partial charge in [0.2, 0.25) is 0 Å². The van der Waals surface area contributed by atoms with E-state index in [0.717, 1.165) is 19.6 Å². The van der Waals surface area contributed by atoms with Gasteiger partial charge in [0.15, 0.2) is 0 Å². The Bertz CT molecular complexity index is 355. The molecule has 0 fully saturated rings. The van der Waals surface area contributed by atoms with E-state index in [4.69, 9.17) is 0 Å². The molecule has 0 spiro atoms. The normalized spacial score (nSPS) is 14.2. The third-order valence-corrected chi connectivity index (χ3v) is 6.17. The lowest BCUT2D eigenvalue weighted by atomic mass is 9.92. The Morgan fingerprint density at radius 1 is 0.600 bits per heavy atom. The number of rotatable bonds is 12. The number of nitrogens with zero attached hydrogens (tertiary/aromatic N) is 3. The summed E-state index contributed by atoms with van der Waals surface area (Å²) in [6.45, 7) is 29.3. The maximum atomic E-state index is 2.69. The molecule has 0 aliphatic carbocycles. The zero-order chi connectivity index (χ0) is 19.9. The fourth-order valence-electron chi connectivity index (χ4n) is 3.55. The molecule has 0 aliphatic heterocycles. The molecule has 0 aliphatic rings. The van der Waals surface area contributed by atoms with Crippen molar-refractivity contribution in [1.29, 1.82) is 0 Å². The summed E-state index contributed by atoms with van der Waals surface area (Å²) in [5.41, 5.74) is 0.763. The van der Waals surface area contributed by atoms with E-state index in [9.17, 15) is 0 Å². The molecule has 0 rings (SSSR count). The highest BCUT2D eigenvalue weighted by atomic mass is 15.2. The molecule has 0 bridgehead atoms. The highest BCUT2D eigenvalue weighted by Gasteiger charge is 2.31. The van der Waals surface area contributed by atoms with Crippen LogP contribution in [0.25, 0.3) is 0 Å². The Labute approximate surface area is 160 Å². The van der Waals surface area contributed by atoms with Gasteiger partial charge in [-0.15, -0.1) is 0 Å². The molecule has 0 aromatic rings. The SMILES string of the molecule is CCCN(CC)C(C)(C)CCN(CC)C(C)(C)CCN(C)C(C)(C)C. The summed E-state index contributed by atoms with van der Waals surface area (Å²) in [5, 5.41) is 0. The first-order valence-electron chi connectivity index (χ1n) is 10.5. The molecule has 0 atom stereocenters. The zero-order valence-electron chi connectivity index (χ0n) is 19.5. The first kappa shape index (κ1) is 24.9. The van der Waals surface area contributed by atoms with Crippen molar-refractivity contribution >= 4 is 0 Å². The molecule has 0 unspecified atom stereocenters. The van der Waals surface area contributed by atoms with Crippen LogP contribution in [-0.4, -0.2) is 71.1 Å². The highest BCUT2D eigenvalue weighted by Crippen LogP contribution is 2.25. The van der Waals surface area contributed by atoms with E-state index in [0.29, 0.717) is 0 Å². The Hall–Kier alpha value is -0.120. The van der Waals surface area contributed by atoms with Gasteiger partial charge in [0.05, 0.1) is 0 Å².